The first-order valence-electron chi connectivity index (χ1n) is 9.44. The summed E-state index contributed by atoms with van der Waals surface area (Å²) in [4.78, 5) is 50.2. The lowest BCUT2D eigenvalue weighted by atomic mass is 10.0. The van der Waals surface area contributed by atoms with Crippen molar-refractivity contribution in [3.05, 3.63) is 0 Å². The molecule has 0 aliphatic rings. The number of Topliss-reactive ketones (excluding diaryl/α,β-unsaturated/α-hetero) is 1. The van der Waals surface area contributed by atoms with Crippen molar-refractivity contribution in [3.63, 3.8) is 0 Å². The number of likely N-dealkylation sites (N-methyl/N-ethyl adjacent to an activating group) is 1. The summed E-state index contributed by atoms with van der Waals surface area (Å²) in [6.07, 6.45) is 0.651. The summed E-state index contributed by atoms with van der Waals surface area (Å²) in [5, 5.41) is 12.3. The van der Waals surface area contributed by atoms with Crippen LogP contribution in [0.4, 0.5) is 0 Å². The fourth-order valence-electron chi connectivity index (χ4n) is 2.42. The monoisotopic (exact) mass is 398 g/mol. The van der Waals surface area contributed by atoms with Crippen LogP contribution < -0.4 is 10.6 Å². The van der Waals surface area contributed by atoms with Crippen LogP contribution >= 0.6 is 0 Å². The molecule has 0 aromatic carbocycles. The maximum Gasteiger partial charge on any atom is 0.328 e. The summed E-state index contributed by atoms with van der Waals surface area (Å²) < 4.78 is 5.16. The van der Waals surface area contributed by atoms with E-state index in [0.717, 1.165) is 0 Å². The van der Waals surface area contributed by atoms with Gasteiger partial charge in [0.05, 0.1) is 18.9 Å². The molecule has 3 N–H and O–H groups in total. The third kappa shape index (κ3) is 11.4. The van der Waals surface area contributed by atoms with E-state index in [-0.39, 0.29) is 37.3 Å². The standard InChI is InChI=1S/C19H34N4O5/c1-12(2)9-16(21-17(25)11-23(5)6)18(26)22-15(8-7-14(24)10-20)19(27)28-13(3)4/h10,12-13,15-16,20H,7-9,11H2,1-6H3,(H,21,25)(H,22,26)/t15-,16-/m0/s1. The number of carbonyl (C=O) groups excluding carboxylic acids is 4. The molecule has 160 valence electrons. The maximum absolute atomic E-state index is 12.7. The topological polar surface area (TPSA) is 129 Å². The van der Waals surface area contributed by atoms with Crippen molar-refractivity contribution >= 4 is 29.8 Å². The van der Waals surface area contributed by atoms with Crippen LogP contribution in [0.3, 0.4) is 0 Å². The second-order valence-electron chi connectivity index (χ2n) is 7.68. The van der Waals surface area contributed by atoms with Crippen LogP contribution in [-0.4, -0.2) is 73.5 Å². The van der Waals surface area contributed by atoms with Gasteiger partial charge in [-0.25, -0.2) is 4.79 Å². The molecule has 0 aliphatic carbocycles. The predicted octanol–water partition coefficient (Wildman–Crippen LogP) is 0.514. The van der Waals surface area contributed by atoms with E-state index in [0.29, 0.717) is 12.6 Å². The molecule has 0 bridgehead atoms. The van der Waals surface area contributed by atoms with E-state index in [9.17, 15) is 19.2 Å². The van der Waals surface area contributed by atoms with Gasteiger partial charge < -0.3 is 25.7 Å². The van der Waals surface area contributed by atoms with Gasteiger partial charge in [-0.3, -0.25) is 14.4 Å². The zero-order valence-electron chi connectivity index (χ0n) is 17.7. The molecular weight excluding hydrogens is 364 g/mol. The molecule has 9 heteroatoms. The van der Waals surface area contributed by atoms with E-state index in [4.69, 9.17) is 10.1 Å². The molecule has 0 spiro atoms. The van der Waals surface area contributed by atoms with E-state index in [2.05, 4.69) is 10.6 Å². The van der Waals surface area contributed by atoms with Crippen LogP contribution in [-0.2, 0) is 23.9 Å². The number of rotatable bonds is 13. The summed E-state index contributed by atoms with van der Waals surface area (Å²) in [6.45, 7) is 7.34. The number of nitrogens with zero attached hydrogens (tertiary/aromatic N) is 1. The van der Waals surface area contributed by atoms with Crippen LogP contribution in [0.5, 0.6) is 0 Å². The zero-order valence-corrected chi connectivity index (χ0v) is 17.7. The van der Waals surface area contributed by atoms with Crippen LogP contribution in [0.2, 0.25) is 0 Å². The van der Waals surface area contributed by atoms with Gasteiger partial charge in [-0.1, -0.05) is 13.8 Å². The number of ether oxygens (including phenoxy) is 1. The van der Waals surface area contributed by atoms with Gasteiger partial charge in [0.1, 0.15) is 12.1 Å². The summed E-state index contributed by atoms with van der Waals surface area (Å²) in [5.41, 5.74) is 0. The second kappa shape index (κ2) is 13.0. The van der Waals surface area contributed by atoms with E-state index in [1.54, 1.807) is 32.8 Å². The van der Waals surface area contributed by atoms with Crippen molar-refractivity contribution in [3.8, 4) is 0 Å². The van der Waals surface area contributed by atoms with Gasteiger partial charge in [0.15, 0.2) is 5.78 Å². The van der Waals surface area contributed by atoms with Crippen LogP contribution in [0.15, 0.2) is 0 Å². The summed E-state index contributed by atoms with van der Waals surface area (Å²) >= 11 is 0. The van der Waals surface area contributed by atoms with Crippen molar-refractivity contribution in [1.82, 2.24) is 15.5 Å². The van der Waals surface area contributed by atoms with Gasteiger partial charge in [-0.05, 0) is 46.7 Å². The number of hydrogen-bond acceptors (Lipinski definition) is 7. The Bertz CT molecular complexity index is 561. The fraction of sp³-hybridized carbons (Fsp3) is 0.737. The Hall–Kier alpha value is -2.29. The first kappa shape index (κ1) is 25.7. The molecule has 0 aliphatic heterocycles. The van der Waals surface area contributed by atoms with E-state index < -0.39 is 29.7 Å². The minimum absolute atomic E-state index is 0.0194. The summed E-state index contributed by atoms with van der Waals surface area (Å²) in [5.74, 6) is -1.77. The summed E-state index contributed by atoms with van der Waals surface area (Å²) in [7, 11) is 3.49. The third-order valence-electron chi connectivity index (χ3n) is 3.61. The molecule has 0 radical (unpaired) electrons. The Labute approximate surface area is 167 Å². The molecule has 9 nitrogen and oxygen atoms in total. The largest absolute Gasteiger partial charge is 0.461 e. The number of carbonyl (C=O) groups is 4. The van der Waals surface area contributed by atoms with Gasteiger partial charge in [0, 0.05) is 6.42 Å². The average molecular weight is 399 g/mol. The van der Waals surface area contributed by atoms with Crippen molar-refractivity contribution < 1.29 is 23.9 Å². The van der Waals surface area contributed by atoms with Gasteiger partial charge in [0.25, 0.3) is 0 Å². The Balaban J connectivity index is 5.23. The van der Waals surface area contributed by atoms with Gasteiger partial charge in [0.2, 0.25) is 11.8 Å². The Kier molecular flexibility index (Phi) is 11.9. The average Bonchev–Trinajstić information content (AvgIpc) is 2.55. The normalized spacial score (nSPS) is 13.2. The van der Waals surface area contributed by atoms with Crippen molar-refractivity contribution in [1.29, 1.82) is 5.41 Å². The lowest BCUT2D eigenvalue weighted by Gasteiger charge is -2.24. The fourth-order valence-corrected chi connectivity index (χ4v) is 2.42. The highest BCUT2D eigenvalue weighted by Gasteiger charge is 2.29. The van der Waals surface area contributed by atoms with Gasteiger partial charge in [-0.2, -0.15) is 0 Å². The number of hydrogen-bond donors (Lipinski definition) is 3. The molecule has 0 saturated heterocycles. The molecule has 0 aromatic heterocycles. The van der Waals surface area contributed by atoms with E-state index in [1.807, 2.05) is 13.8 Å². The Morgan fingerprint density at radius 3 is 2.11 bits per heavy atom. The Morgan fingerprint density at radius 1 is 1.04 bits per heavy atom. The molecule has 0 saturated carbocycles. The second-order valence-corrected chi connectivity index (χ2v) is 7.68. The predicted molar refractivity (Wildman–Crippen MR) is 106 cm³/mol. The van der Waals surface area contributed by atoms with Gasteiger partial charge in [-0.15, -0.1) is 0 Å². The molecule has 0 unspecified atom stereocenters. The van der Waals surface area contributed by atoms with Crippen molar-refractivity contribution in [2.45, 2.75) is 65.1 Å². The molecule has 0 fully saturated rings. The number of ketones is 1. The molecule has 2 amide bonds. The van der Waals surface area contributed by atoms with Gasteiger partial charge >= 0.3 is 5.97 Å². The SMILES string of the molecule is CC(C)C[C@H](NC(=O)CN(C)C)C(=O)N[C@@H](CCC(=O)C=N)C(=O)OC(C)C. The smallest absolute Gasteiger partial charge is 0.328 e. The highest BCUT2D eigenvalue weighted by Crippen LogP contribution is 2.08. The lowest BCUT2D eigenvalue weighted by molar-refractivity contribution is -0.152. The van der Waals surface area contributed by atoms with Crippen LogP contribution in [0, 0.1) is 11.3 Å². The number of nitrogens with one attached hydrogen (secondary N) is 3. The maximum atomic E-state index is 12.7. The lowest BCUT2D eigenvalue weighted by Crippen LogP contribution is -2.53. The minimum atomic E-state index is -1.03. The highest BCUT2D eigenvalue weighted by atomic mass is 16.5. The molecule has 28 heavy (non-hydrogen) atoms. The van der Waals surface area contributed by atoms with Crippen molar-refractivity contribution in [2.24, 2.45) is 5.92 Å². The van der Waals surface area contributed by atoms with E-state index in [1.165, 1.54) is 0 Å². The van der Waals surface area contributed by atoms with Crippen LogP contribution in [0.25, 0.3) is 0 Å². The highest BCUT2D eigenvalue weighted by molar-refractivity contribution is 6.26. The molecule has 2 atom stereocenters. The zero-order chi connectivity index (χ0) is 21.9. The van der Waals surface area contributed by atoms with E-state index >= 15 is 0 Å². The molecular formula is C19H34N4O5. The summed E-state index contributed by atoms with van der Waals surface area (Å²) in [6, 6.07) is -1.83. The third-order valence-corrected chi connectivity index (χ3v) is 3.61. The molecule has 0 aromatic rings. The van der Waals surface area contributed by atoms with Crippen LogP contribution in [0.1, 0.15) is 47.0 Å². The quantitative estimate of drug-likeness (QED) is 0.306. The molecule has 0 rings (SSSR count). The van der Waals surface area contributed by atoms with Crippen molar-refractivity contribution in [2.75, 3.05) is 20.6 Å². The first-order valence-corrected chi connectivity index (χ1v) is 9.44. The molecule has 0 heterocycles. The minimum Gasteiger partial charge on any atom is -0.461 e. The number of amides is 2. The Morgan fingerprint density at radius 2 is 1.64 bits per heavy atom. The first-order chi connectivity index (χ1) is 13.0. The number of esters is 1.